The van der Waals surface area contributed by atoms with Crippen LogP contribution in [0.1, 0.15) is 48.3 Å². The number of alkyl halides is 3. The quantitative estimate of drug-likeness (QED) is 0.573. The van der Waals surface area contributed by atoms with E-state index in [1.54, 1.807) is 24.3 Å². The average Bonchev–Trinajstić information content (AvgIpc) is 3.12. The van der Waals surface area contributed by atoms with Crippen LogP contribution in [0.3, 0.4) is 0 Å². The molecule has 0 saturated heterocycles. The van der Waals surface area contributed by atoms with Gasteiger partial charge in [0.2, 0.25) is 0 Å². The molecule has 1 fully saturated rings. The second-order valence-electron chi connectivity index (χ2n) is 7.14. The Kier molecular flexibility index (Phi) is 5.33. The van der Waals surface area contributed by atoms with E-state index in [9.17, 15) is 18.0 Å². The maximum atomic E-state index is 13.7. The van der Waals surface area contributed by atoms with E-state index < -0.39 is 17.8 Å². The maximum Gasteiger partial charge on any atom is 0.433 e. The lowest BCUT2D eigenvalue weighted by Gasteiger charge is -2.22. The summed E-state index contributed by atoms with van der Waals surface area (Å²) in [5, 5.41) is 6.79. The van der Waals surface area contributed by atoms with Gasteiger partial charge in [-0.15, -0.1) is 0 Å². The van der Waals surface area contributed by atoms with Crippen LogP contribution in [0.15, 0.2) is 40.9 Å². The fourth-order valence-electron chi connectivity index (χ4n) is 3.56. The lowest BCUT2D eigenvalue weighted by molar-refractivity contribution is -0.142. The van der Waals surface area contributed by atoms with Gasteiger partial charge in [-0.25, -0.2) is 9.50 Å². The van der Waals surface area contributed by atoms with E-state index in [4.69, 9.17) is 0 Å². The highest BCUT2D eigenvalue weighted by Crippen LogP contribution is 2.32. The van der Waals surface area contributed by atoms with E-state index in [0.717, 1.165) is 42.6 Å². The highest BCUT2D eigenvalue weighted by Gasteiger charge is 2.35. The Hall–Kier alpha value is -2.42. The third kappa shape index (κ3) is 4.29. The lowest BCUT2D eigenvalue weighted by atomic mass is 9.95. The standard InChI is InChI=1S/C20H18BrF3N4O/c21-13-8-6-12(7-9-13)15-10-17(20(22,23)24)28-18(26-15)11-16(27-28)19(29)25-14-4-2-1-3-5-14/h6-11,14H,1-5H2,(H,25,29). The highest BCUT2D eigenvalue weighted by molar-refractivity contribution is 9.10. The summed E-state index contributed by atoms with van der Waals surface area (Å²) in [5.74, 6) is -0.472. The number of amides is 1. The number of hydrogen-bond donors (Lipinski definition) is 1. The van der Waals surface area contributed by atoms with Crippen molar-refractivity contribution in [1.29, 1.82) is 0 Å². The van der Waals surface area contributed by atoms with Crippen LogP contribution in [0.25, 0.3) is 16.9 Å². The summed E-state index contributed by atoms with van der Waals surface area (Å²) in [6, 6.07) is 9.10. The summed E-state index contributed by atoms with van der Waals surface area (Å²) in [7, 11) is 0. The molecule has 3 aromatic rings. The summed E-state index contributed by atoms with van der Waals surface area (Å²) in [5.41, 5.74) is -0.364. The molecule has 1 amide bonds. The van der Waals surface area contributed by atoms with Gasteiger partial charge in [0, 0.05) is 22.1 Å². The minimum absolute atomic E-state index is 0.0217. The van der Waals surface area contributed by atoms with E-state index in [2.05, 4.69) is 31.3 Å². The van der Waals surface area contributed by atoms with Crippen molar-refractivity contribution in [3.63, 3.8) is 0 Å². The minimum atomic E-state index is -4.64. The van der Waals surface area contributed by atoms with Crippen LogP contribution in [-0.2, 0) is 6.18 Å². The Balaban J connectivity index is 1.73. The number of benzene rings is 1. The molecule has 1 aromatic carbocycles. The molecule has 29 heavy (non-hydrogen) atoms. The average molecular weight is 467 g/mol. The molecule has 9 heteroatoms. The second-order valence-corrected chi connectivity index (χ2v) is 8.05. The van der Waals surface area contributed by atoms with Crippen molar-refractivity contribution < 1.29 is 18.0 Å². The smallest absolute Gasteiger partial charge is 0.348 e. The van der Waals surface area contributed by atoms with Crippen LogP contribution in [0.5, 0.6) is 0 Å². The molecule has 1 saturated carbocycles. The number of carbonyl (C=O) groups excluding carboxylic acids is 1. The number of rotatable bonds is 3. The van der Waals surface area contributed by atoms with Crippen molar-refractivity contribution in [3.05, 3.63) is 52.3 Å². The zero-order valence-electron chi connectivity index (χ0n) is 15.3. The number of nitrogens with one attached hydrogen (secondary N) is 1. The first-order valence-electron chi connectivity index (χ1n) is 9.36. The Morgan fingerprint density at radius 2 is 1.79 bits per heavy atom. The molecule has 1 aliphatic carbocycles. The molecule has 0 spiro atoms. The molecule has 1 N–H and O–H groups in total. The van der Waals surface area contributed by atoms with Crippen molar-refractivity contribution >= 4 is 27.5 Å². The number of fused-ring (bicyclic) bond motifs is 1. The van der Waals surface area contributed by atoms with E-state index in [1.807, 2.05) is 0 Å². The van der Waals surface area contributed by atoms with E-state index >= 15 is 0 Å². The van der Waals surface area contributed by atoms with Gasteiger partial charge in [0.1, 0.15) is 0 Å². The van der Waals surface area contributed by atoms with Gasteiger partial charge in [-0.2, -0.15) is 18.3 Å². The van der Waals surface area contributed by atoms with Gasteiger partial charge in [0.05, 0.1) is 5.69 Å². The molecule has 1 aliphatic rings. The van der Waals surface area contributed by atoms with Crippen LogP contribution in [0.2, 0.25) is 0 Å². The first-order chi connectivity index (χ1) is 13.8. The molecule has 0 bridgehead atoms. The number of carbonyl (C=O) groups is 1. The summed E-state index contributed by atoms with van der Waals surface area (Å²) in [6.45, 7) is 0. The fraction of sp³-hybridized carbons (Fsp3) is 0.350. The van der Waals surface area contributed by atoms with Crippen LogP contribution in [-0.4, -0.2) is 26.5 Å². The van der Waals surface area contributed by atoms with E-state index in [0.29, 0.717) is 10.1 Å². The number of aromatic nitrogens is 3. The summed E-state index contributed by atoms with van der Waals surface area (Å²) >= 11 is 3.30. The van der Waals surface area contributed by atoms with Gasteiger partial charge in [-0.05, 0) is 31.0 Å². The van der Waals surface area contributed by atoms with Crippen molar-refractivity contribution in [3.8, 4) is 11.3 Å². The number of hydrogen-bond acceptors (Lipinski definition) is 3. The molecule has 152 valence electrons. The minimum Gasteiger partial charge on any atom is -0.348 e. The van der Waals surface area contributed by atoms with Crippen molar-refractivity contribution in [2.45, 2.75) is 44.3 Å². The third-order valence-corrected chi connectivity index (χ3v) is 5.56. The van der Waals surface area contributed by atoms with Gasteiger partial charge in [-0.3, -0.25) is 4.79 Å². The predicted molar refractivity (Wildman–Crippen MR) is 105 cm³/mol. The Bertz CT molecular complexity index is 1040. The zero-order chi connectivity index (χ0) is 20.6. The molecular weight excluding hydrogens is 449 g/mol. The van der Waals surface area contributed by atoms with Gasteiger partial charge in [-0.1, -0.05) is 47.3 Å². The Labute approximate surface area is 173 Å². The van der Waals surface area contributed by atoms with Gasteiger partial charge in [0.25, 0.3) is 5.91 Å². The first kappa shape index (κ1) is 19.9. The monoisotopic (exact) mass is 466 g/mol. The molecular formula is C20H18BrF3N4O. The lowest BCUT2D eigenvalue weighted by Crippen LogP contribution is -2.36. The van der Waals surface area contributed by atoms with Gasteiger partial charge >= 0.3 is 6.18 Å². The molecule has 5 nitrogen and oxygen atoms in total. The van der Waals surface area contributed by atoms with Crippen molar-refractivity contribution in [2.24, 2.45) is 0 Å². The zero-order valence-corrected chi connectivity index (χ0v) is 16.9. The highest BCUT2D eigenvalue weighted by atomic mass is 79.9. The third-order valence-electron chi connectivity index (χ3n) is 5.03. The first-order valence-corrected chi connectivity index (χ1v) is 10.2. The molecule has 0 radical (unpaired) electrons. The molecule has 2 aromatic heterocycles. The van der Waals surface area contributed by atoms with E-state index in [1.165, 1.54) is 6.07 Å². The van der Waals surface area contributed by atoms with Crippen LogP contribution >= 0.6 is 15.9 Å². The van der Waals surface area contributed by atoms with E-state index in [-0.39, 0.29) is 23.1 Å². The van der Waals surface area contributed by atoms with Gasteiger partial charge < -0.3 is 5.32 Å². The van der Waals surface area contributed by atoms with Crippen molar-refractivity contribution in [2.75, 3.05) is 0 Å². The summed E-state index contributed by atoms with van der Waals surface area (Å²) in [4.78, 5) is 16.8. The summed E-state index contributed by atoms with van der Waals surface area (Å²) in [6.07, 6.45) is 0.309. The maximum absolute atomic E-state index is 13.7. The van der Waals surface area contributed by atoms with Crippen molar-refractivity contribution in [1.82, 2.24) is 19.9 Å². The summed E-state index contributed by atoms with van der Waals surface area (Å²) < 4.78 is 42.5. The predicted octanol–water partition coefficient (Wildman–Crippen LogP) is 5.24. The number of halogens is 4. The molecule has 0 unspecified atom stereocenters. The van der Waals surface area contributed by atoms with Crippen LogP contribution in [0, 0.1) is 0 Å². The topological polar surface area (TPSA) is 59.3 Å². The molecule has 4 rings (SSSR count). The normalized spacial score (nSPS) is 15.6. The fourth-order valence-corrected chi connectivity index (χ4v) is 3.83. The molecule has 0 aliphatic heterocycles. The number of nitrogens with zero attached hydrogens (tertiary/aromatic N) is 3. The molecule has 2 heterocycles. The SMILES string of the molecule is O=C(NC1CCCCC1)c1cc2nc(-c3ccc(Br)cc3)cc(C(F)(F)F)n2n1. The Morgan fingerprint density at radius 1 is 1.10 bits per heavy atom. The van der Waals surface area contributed by atoms with Crippen LogP contribution < -0.4 is 5.32 Å². The largest absolute Gasteiger partial charge is 0.433 e. The second kappa shape index (κ2) is 7.78. The van der Waals surface area contributed by atoms with Crippen LogP contribution in [0.4, 0.5) is 13.2 Å². The van der Waals surface area contributed by atoms with Gasteiger partial charge in [0.15, 0.2) is 17.0 Å². The Morgan fingerprint density at radius 3 is 2.45 bits per heavy atom. The molecule has 0 atom stereocenters.